The topological polar surface area (TPSA) is 59.1 Å². The molecule has 27 heavy (non-hydrogen) atoms. The lowest BCUT2D eigenvalue weighted by atomic mass is 9.97. The lowest BCUT2D eigenvalue weighted by molar-refractivity contribution is 0.550. The van der Waals surface area contributed by atoms with Crippen molar-refractivity contribution in [3.05, 3.63) is 83.7 Å². The minimum Gasteiger partial charge on any atom is -0.264 e. The maximum absolute atomic E-state index is 12.8. The van der Waals surface area contributed by atoms with Crippen LogP contribution in [-0.2, 0) is 10.0 Å². The van der Waals surface area contributed by atoms with Gasteiger partial charge in [-0.3, -0.25) is 4.98 Å². The molecule has 0 aliphatic heterocycles. The van der Waals surface area contributed by atoms with E-state index in [0.29, 0.717) is 11.3 Å². The van der Waals surface area contributed by atoms with Crippen LogP contribution in [0, 0.1) is 13.8 Å². The van der Waals surface area contributed by atoms with E-state index < -0.39 is 10.0 Å². The zero-order valence-corrected chi connectivity index (χ0v) is 16.6. The van der Waals surface area contributed by atoms with Crippen LogP contribution < -0.4 is 4.72 Å². The normalized spacial score (nSPS) is 12.7. The molecule has 0 saturated heterocycles. The minimum atomic E-state index is -3.59. The molecule has 140 valence electrons. The quantitative estimate of drug-likeness (QED) is 0.668. The Balaban J connectivity index is 1.92. The molecule has 0 spiro atoms. The average Bonchev–Trinajstić information content (AvgIpc) is 2.66. The molecule has 0 fully saturated rings. The van der Waals surface area contributed by atoms with Gasteiger partial charge in [-0.2, -0.15) is 0 Å². The number of sulfonamides is 1. The number of nitrogens with zero attached hydrogens (tertiary/aromatic N) is 1. The number of aromatic nitrogens is 1. The Hall–Kier alpha value is -2.50. The van der Waals surface area contributed by atoms with Gasteiger partial charge in [0.2, 0.25) is 10.0 Å². The van der Waals surface area contributed by atoms with Crippen LogP contribution in [0.3, 0.4) is 0 Å². The van der Waals surface area contributed by atoms with E-state index in [2.05, 4.69) is 15.8 Å². The van der Waals surface area contributed by atoms with E-state index >= 15 is 0 Å². The molecule has 2 aromatic carbocycles. The van der Waals surface area contributed by atoms with Gasteiger partial charge in [-0.25, -0.2) is 13.1 Å². The summed E-state index contributed by atoms with van der Waals surface area (Å²) >= 11 is 0. The van der Waals surface area contributed by atoms with Crippen molar-refractivity contribution in [1.82, 2.24) is 9.71 Å². The molecule has 0 saturated carbocycles. The second-order valence-electron chi connectivity index (χ2n) is 6.71. The average molecular weight is 381 g/mol. The smallest absolute Gasteiger partial charge is 0.241 e. The van der Waals surface area contributed by atoms with Crippen LogP contribution in [0.1, 0.15) is 36.1 Å². The molecular weight excluding hydrogens is 356 g/mol. The maximum atomic E-state index is 12.8. The molecule has 5 heteroatoms. The first-order valence-corrected chi connectivity index (χ1v) is 10.5. The summed E-state index contributed by atoms with van der Waals surface area (Å²) in [5.74, 6) is 0. The van der Waals surface area contributed by atoms with Crippen LogP contribution in [-0.4, -0.2) is 13.4 Å². The Morgan fingerprint density at radius 1 is 1.04 bits per heavy atom. The minimum absolute atomic E-state index is 0.294. The van der Waals surface area contributed by atoms with Gasteiger partial charge in [-0.15, -0.1) is 0 Å². The lowest BCUT2D eigenvalue weighted by Crippen LogP contribution is -2.28. The van der Waals surface area contributed by atoms with Gasteiger partial charge < -0.3 is 0 Å². The number of pyridine rings is 1. The molecule has 1 N–H and O–H groups in total. The van der Waals surface area contributed by atoms with Gasteiger partial charge in [-0.1, -0.05) is 37.3 Å². The molecule has 1 atom stereocenters. The maximum Gasteiger partial charge on any atom is 0.241 e. The summed E-state index contributed by atoms with van der Waals surface area (Å²) in [6.07, 6.45) is 4.26. The molecule has 0 bridgehead atoms. The fraction of sp³-hybridized carbons (Fsp3) is 0.227. The zero-order chi connectivity index (χ0) is 19.4. The SMILES string of the molecule is CC[C@H](NS(=O)(=O)c1cccc(C)c1)c1cccc(-c2ccncc2C)c1. The number of hydrogen-bond acceptors (Lipinski definition) is 3. The fourth-order valence-corrected chi connectivity index (χ4v) is 4.56. The predicted octanol–water partition coefficient (Wildman–Crippen LogP) is 4.80. The molecule has 0 aliphatic rings. The molecular formula is C22H24N2O2S. The third-order valence-electron chi connectivity index (χ3n) is 4.63. The number of hydrogen-bond donors (Lipinski definition) is 1. The zero-order valence-electron chi connectivity index (χ0n) is 15.8. The summed E-state index contributed by atoms with van der Waals surface area (Å²) in [7, 11) is -3.59. The summed E-state index contributed by atoms with van der Waals surface area (Å²) in [5, 5.41) is 0. The summed E-state index contributed by atoms with van der Waals surface area (Å²) in [5.41, 5.74) is 5.11. The monoisotopic (exact) mass is 380 g/mol. The highest BCUT2D eigenvalue weighted by Crippen LogP contribution is 2.27. The summed E-state index contributed by atoms with van der Waals surface area (Å²) in [6.45, 7) is 5.89. The molecule has 0 unspecified atom stereocenters. The van der Waals surface area contributed by atoms with Gasteiger partial charge >= 0.3 is 0 Å². The third kappa shape index (κ3) is 4.43. The molecule has 3 aromatic rings. The van der Waals surface area contributed by atoms with Crippen LogP contribution in [0.15, 0.2) is 71.9 Å². The van der Waals surface area contributed by atoms with Gasteiger partial charge in [0.1, 0.15) is 0 Å². The van der Waals surface area contributed by atoms with Crippen LogP contribution >= 0.6 is 0 Å². The second-order valence-corrected chi connectivity index (χ2v) is 8.43. The molecule has 0 radical (unpaired) electrons. The van der Waals surface area contributed by atoms with E-state index in [1.54, 1.807) is 24.4 Å². The predicted molar refractivity (Wildman–Crippen MR) is 109 cm³/mol. The highest BCUT2D eigenvalue weighted by atomic mass is 32.2. The van der Waals surface area contributed by atoms with E-state index in [4.69, 9.17) is 0 Å². The van der Waals surface area contributed by atoms with Crippen LogP contribution in [0.4, 0.5) is 0 Å². The van der Waals surface area contributed by atoms with Crippen molar-refractivity contribution < 1.29 is 8.42 Å². The Bertz CT molecular complexity index is 1050. The standard InChI is InChI=1S/C22H24N2O2S/c1-4-22(24-27(25,26)20-10-5-7-16(2)13-20)19-9-6-8-18(14-19)21-11-12-23-15-17(21)3/h5-15,22,24H,4H2,1-3H3/t22-/m0/s1. The third-order valence-corrected chi connectivity index (χ3v) is 6.10. The second kappa shape index (κ2) is 8.03. The van der Waals surface area contributed by atoms with E-state index in [1.807, 2.05) is 57.3 Å². The molecule has 4 nitrogen and oxygen atoms in total. The van der Waals surface area contributed by atoms with Crippen molar-refractivity contribution in [1.29, 1.82) is 0 Å². The van der Waals surface area contributed by atoms with E-state index in [0.717, 1.165) is 27.8 Å². The Labute approximate surface area is 161 Å². The molecule has 0 amide bonds. The summed E-state index contributed by atoms with van der Waals surface area (Å²) < 4.78 is 28.5. The summed E-state index contributed by atoms with van der Waals surface area (Å²) in [4.78, 5) is 4.44. The first-order valence-electron chi connectivity index (χ1n) is 9.00. The van der Waals surface area contributed by atoms with Crippen molar-refractivity contribution in [2.75, 3.05) is 0 Å². The van der Waals surface area contributed by atoms with Crippen LogP contribution in [0.2, 0.25) is 0 Å². The van der Waals surface area contributed by atoms with Crippen molar-refractivity contribution in [3.8, 4) is 11.1 Å². The van der Waals surface area contributed by atoms with Crippen LogP contribution in [0.5, 0.6) is 0 Å². The van der Waals surface area contributed by atoms with Crippen molar-refractivity contribution >= 4 is 10.0 Å². The van der Waals surface area contributed by atoms with Gasteiger partial charge in [0, 0.05) is 18.4 Å². The first-order chi connectivity index (χ1) is 12.9. The van der Waals surface area contributed by atoms with Crippen molar-refractivity contribution in [2.24, 2.45) is 0 Å². The van der Waals surface area contributed by atoms with Gasteiger partial charge in [0.15, 0.2) is 0 Å². The number of benzene rings is 2. The van der Waals surface area contributed by atoms with Gasteiger partial charge in [-0.05, 0) is 72.4 Å². The van der Waals surface area contributed by atoms with Crippen LogP contribution in [0.25, 0.3) is 11.1 Å². The Kier molecular flexibility index (Phi) is 5.73. The molecule has 1 heterocycles. The highest BCUT2D eigenvalue weighted by molar-refractivity contribution is 7.89. The lowest BCUT2D eigenvalue weighted by Gasteiger charge is -2.19. The first kappa shape index (κ1) is 19.3. The highest BCUT2D eigenvalue weighted by Gasteiger charge is 2.20. The number of aryl methyl sites for hydroxylation is 2. The van der Waals surface area contributed by atoms with Gasteiger partial charge in [0.05, 0.1) is 4.90 Å². The van der Waals surface area contributed by atoms with E-state index in [-0.39, 0.29) is 6.04 Å². The summed E-state index contributed by atoms with van der Waals surface area (Å²) in [6, 6.07) is 16.7. The van der Waals surface area contributed by atoms with Crippen molar-refractivity contribution in [2.45, 2.75) is 38.1 Å². The molecule has 1 aromatic heterocycles. The Morgan fingerprint density at radius 2 is 1.81 bits per heavy atom. The largest absolute Gasteiger partial charge is 0.264 e. The van der Waals surface area contributed by atoms with E-state index in [1.165, 1.54) is 0 Å². The van der Waals surface area contributed by atoms with Crippen molar-refractivity contribution in [3.63, 3.8) is 0 Å². The number of nitrogens with one attached hydrogen (secondary N) is 1. The molecule has 0 aliphatic carbocycles. The fourth-order valence-electron chi connectivity index (χ4n) is 3.15. The van der Waals surface area contributed by atoms with E-state index in [9.17, 15) is 8.42 Å². The van der Waals surface area contributed by atoms with Gasteiger partial charge in [0.25, 0.3) is 0 Å². The Morgan fingerprint density at radius 3 is 2.52 bits per heavy atom. The number of rotatable bonds is 6. The molecule has 3 rings (SSSR count).